The monoisotopic (exact) mass is 838 g/mol. The number of urea groups is 2. The fraction of sp³-hybridized carbons (Fsp3) is 0.476. The van der Waals surface area contributed by atoms with Crippen molar-refractivity contribution in [1.29, 1.82) is 0 Å². The minimum absolute atomic E-state index is 0.313. The summed E-state index contributed by atoms with van der Waals surface area (Å²) in [5, 5.41) is 15.4. The standard InChI is InChI=1S/C42H62N4O10Si2/c1-9-51-57(52-10-2,53-11-3)27-15-25-43-41(47)45-33-19-21-35-31(29-33)17-23-37(49-7)39(35)40-36-22-20-34(30-32(36)18-24-38(40)50-8)46-42(48)44-26-16-28-58(54-12-4,55-13-5)56-14-6/h17-24,29-30H,9-16,25-28H2,1-8H3,(H2,43,45,47)(H2,44,46,48). The zero-order valence-corrected chi connectivity index (χ0v) is 37.3. The molecule has 0 spiro atoms. The number of rotatable bonds is 25. The molecular formula is C42H62N4O10Si2. The second-order valence-corrected chi connectivity index (χ2v) is 18.6. The summed E-state index contributed by atoms with van der Waals surface area (Å²) < 4.78 is 47.4. The molecule has 0 aliphatic carbocycles. The van der Waals surface area contributed by atoms with Crippen LogP contribution >= 0.6 is 0 Å². The molecule has 0 unspecified atom stereocenters. The lowest BCUT2D eigenvalue weighted by molar-refractivity contribution is 0.0701. The molecule has 0 heterocycles. The van der Waals surface area contributed by atoms with Gasteiger partial charge in [0.15, 0.2) is 0 Å². The molecule has 318 valence electrons. The smallest absolute Gasteiger partial charge is 0.496 e. The van der Waals surface area contributed by atoms with Crippen molar-refractivity contribution in [1.82, 2.24) is 10.6 Å². The number of carbonyl (C=O) groups excluding carboxylic acids is 2. The van der Waals surface area contributed by atoms with Crippen LogP contribution in [0.4, 0.5) is 21.0 Å². The summed E-state index contributed by atoms with van der Waals surface area (Å²) in [6, 6.07) is 19.9. The predicted molar refractivity (Wildman–Crippen MR) is 234 cm³/mol. The number of benzene rings is 4. The highest BCUT2D eigenvalue weighted by Gasteiger charge is 2.40. The fourth-order valence-electron chi connectivity index (χ4n) is 7.00. The molecule has 0 saturated carbocycles. The largest absolute Gasteiger partial charge is 0.500 e. The van der Waals surface area contributed by atoms with Gasteiger partial charge < -0.3 is 57.3 Å². The van der Waals surface area contributed by atoms with Crippen molar-refractivity contribution >= 4 is 62.6 Å². The molecule has 0 fully saturated rings. The Morgan fingerprint density at radius 3 is 1.16 bits per heavy atom. The van der Waals surface area contributed by atoms with Crippen LogP contribution in [0.2, 0.25) is 12.1 Å². The van der Waals surface area contributed by atoms with Crippen molar-refractivity contribution in [3.8, 4) is 22.6 Å². The number of hydrogen-bond donors (Lipinski definition) is 4. The normalized spacial score (nSPS) is 11.8. The number of amides is 4. The van der Waals surface area contributed by atoms with Gasteiger partial charge in [-0.25, -0.2) is 9.59 Å². The predicted octanol–water partition coefficient (Wildman–Crippen LogP) is 8.80. The Hall–Kier alpha value is -4.27. The van der Waals surface area contributed by atoms with Crippen LogP contribution in [0.5, 0.6) is 11.5 Å². The topological polar surface area (TPSA) is 156 Å². The van der Waals surface area contributed by atoms with E-state index in [2.05, 4.69) is 21.3 Å². The summed E-state index contributed by atoms with van der Waals surface area (Å²) in [5.74, 6) is 1.32. The highest BCUT2D eigenvalue weighted by atomic mass is 28.4. The number of hydrogen-bond acceptors (Lipinski definition) is 10. The lowest BCUT2D eigenvalue weighted by atomic mass is 9.92. The van der Waals surface area contributed by atoms with Crippen molar-refractivity contribution in [2.75, 3.05) is 77.6 Å². The van der Waals surface area contributed by atoms with E-state index < -0.39 is 17.6 Å². The quantitative estimate of drug-likeness (QED) is 0.0376. The maximum absolute atomic E-state index is 12.9. The van der Waals surface area contributed by atoms with Crippen LogP contribution in [0.1, 0.15) is 54.4 Å². The van der Waals surface area contributed by atoms with Crippen LogP contribution in [0.25, 0.3) is 32.7 Å². The second kappa shape index (κ2) is 23.4. The van der Waals surface area contributed by atoms with Crippen LogP contribution in [-0.4, -0.2) is 96.6 Å². The van der Waals surface area contributed by atoms with E-state index in [0.717, 1.165) is 32.7 Å². The molecule has 0 aliphatic heterocycles. The highest BCUT2D eigenvalue weighted by Crippen LogP contribution is 2.46. The van der Waals surface area contributed by atoms with Crippen molar-refractivity contribution in [2.24, 2.45) is 0 Å². The van der Waals surface area contributed by atoms with Crippen molar-refractivity contribution in [2.45, 2.75) is 66.5 Å². The molecule has 0 radical (unpaired) electrons. The molecule has 4 aromatic carbocycles. The van der Waals surface area contributed by atoms with Gasteiger partial charge in [0.1, 0.15) is 11.5 Å². The Morgan fingerprint density at radius 1 is 0.500 bits per heavy atom. The summed E-state index contributed by atoms with van der Waals surface area (Å²) in [7, 11) is -2.29. The number of methoxy groups -OCH3 is 2. The Labute approximate surface area is 345 Å². The van der Waals surface area contributed by atoms with Crippen LogP contribution in [-0.2, 0) is 26.6 Å². The van der Waals surface area contributed by atoms with Gasteiger partial charge in [-0.2, -0.15) is 0 Å². The maximum Gasteiger partial charge on any atom is 0.500 e. The zero-order valence-electron chi connectivity index (χ0n) is 35.3. The molecule has 4 aromatic rings. The van der Waals surface area contributed by atoms with Crippen LogP contribution < -0.4 is 30.7 Å². The lowest BCUT2D eigenvalue weighted by Crippen LogP contribution is -2.46. The molecule has 4 amide bonds. The Kier molecular flexibility index (Phi) is 18.7. The molecular weight excluding hydrogens is 777 g/mol. The number of nitrogens with one attached hydrogen (secondary N) is 4. The minimum atomic E-state index is -2.78. The number of fused-ring (bicyclic) bond motifs is 2. The first kappa shape index (κ1) is 46.4. The average Bonchev–Trinajstić information content (AvgIpc) is 3.21. The summed E-state index contributed by atoms with van der Waals surface area (Å²) in [6.45, 7) is 15.5. The fourth-order valence-corrected chi connectivity index (χ4v) is 12.2. The molecule has 4 rings (SSSR count). The third kappa shape index (κ3) is 12.4. The maximum atomic E-state index is 12.9. The summed E-state index contributed by atoms with van der Waals surface area (Å²) in [4.78, 5) is 25.9. The van der Waals surface area contributed by atoms with Gasteiger partial charge in [-0.3, -0.25) is 0 Å². The van der Waals surface area contributed by atoms with Gasteiger partial charge in [0, 0.05) is 87.3 Å². The molecule has 4 N–H and O–H groups in total. The van der Waals surface area contributed by atoms with E-state index in [1.165, 1.54) is 0 Å². The number of ether oxygens (including phenoxy) is 2. The highest BCUT2D eigenvalue weighted by molar-refractivity contribution is 6.61. The molecule has 16 heteroatoms. The average molecular weight is 839 g/mol. The molecule has 0 aliphatic rings. The van der Waals surface area contributed by atoms with Crippen molar-refractivity contribution < 1.29 is 45.6 Å². The van der Waals surface area contributed by atoms with Gasteiger partial charge in [0.05, 0.1) is 14.2 Å². The number of carbonyl (C=O) groups is 2. The van der Waals surface area contributed by atoms with E-state index in [-0.39, 0.29) is 12.1 Å². The number of anilines is 2. The Balaban J connectivity index is 1.49. The van der Waals surface area contributed by atoms with Gasteiger partial charge in [-0.15, -0.1) is 0 Å². The van der Waals surface area contributed by atoms with E-state index >= 15 is 0 Å². The molecule has 0 atom stereocenters. The molecule has 0 aromatic heterocycles. The summed E-state index contributed by atoms with van der Waals surface area (Å²) >= 11 is 0. The van der Waals surface area contributed by atoms with Crippen LogP contribution in [0.3, 0.4) is 0 Å². The Bertz CT molecular complexity index is 1760. The van der Waals surface area contributed by atoms with Gasteiger partial charge in [0.2, 0.25) is 0 Å². The van der Waals surface area contributed by atoms with Crippen molar-refractivity contribution in [3.63, 3.8) is 0 Å². The van der Waals surface area contributed by atoms with Crippen LogP contribution in [0, 0.1) is 0 Å². The van der Waals surface area contributed by atoms with Gasteiger partial charge in [0.25, 0.3) is 0 Å². The lowest BCUT2D eigenvalue weighted by Gasteiger charge is -2.28. The zero-order chi connectivity index (χ0) is 42.0. The van der Waals surface area contributed by atoms with E-state index in [9.17, 15) is 9.59 Å². The van der Waals surface area contributed by atoms with E-state index in [4.69, 9.17) is 36.0 Å². The first-order valence-corrected chi connectivity index (χ1v) is 24.2. The summed E-state index contributed by atoms with van der Waals surface area (Å²) in [6.07, 6.45) is 1.31. The Morgan fingerprint density at radius 2 is 0.845 bits per heavy atom. The first-order chi connectivity index (χ1) is 28.1. The van der Waals surface area contributed by atoms with Gasteiger partial charge in [-0.1, -0.05) is 24.3 Å². The first-order valence-electron chi connectivity index (χ1n) is 20.3. The third-order valence-electron chi connectivity index (χ3n) is 9.24. The molecule has 14 nitrogen and oxygen atoms in total. The van der Waals surface area contributed by atoms with Crippen LogP contribution in [0.15, 0.2) is 60.7 Å². The van der Waals surface area contributed by atoms with E-state index in [1.54, 1.807) is 14.2 Å². The third-order valence-corrected chi connectivity index (χ3v) is 15.5. The summed E-state index contributed by atoms with van der Waals surface area (Å²) in [5.41, 5.74) is 2.96. The molecule has 0 saturated heterocycles. The molecule has 0 bridgehead atoms. The molecule has 58 heavy (non-hydrogen) atoms. The van der Waals surface area contributed by atoms with Gasteiger partial charge >= 0.3 is 29.7 Å². The SMILES string of the molecule is CCO[Si](CCCNC(=O)Nc1ccc2c(-c3c(OC)ccc4cc(NC(=O)NCCC[Si](OCC)(OCC)OCC)ccc34)c(OC)ccc2c1)(OCC)OCC. The minimum Gasteiger partial charge on any atom is -0.496 e. The van der Waals surface area contributed by atoms with E-state index in [0.29, 0.717) is 101 Å². The van der Waals surface area contributed by atoms with Gasteiger partial charge in [-0.05, 0) is 112 Å². The van der Waals surface area contributed by atoms with E-state index in [1.807, 2.05) is 102 Å². The van der Waals surface area contributed by atoms with Crippen molar-refractivity contribution in [3.05, 3.63) is 60.7 Å². The second-order valence-electron chi connectivity index (χ2n) is 13.1.